The fourth-order valence-corrected chi connectivity index (χ4v) is 6.17. The molecule has 3 aromatic carbocycles. The van der Waals surface area contributed by atoms with Gasteiger partial charge in [0.05, 0.1) is 12.1 Å². The van der Waals surface area contributed by atoms with Crippen LogP contribution in [0.3, 0.4) is 0 Å². The van der Waals surface area contributed by atoms with Crippen LogP contribution in [-0.4, -0.2) is 48.4 Å². The second kappa shape index (κ2) is 10.3. The van der Waals surface area contributed by atoms with Crippen LogP contribution in [0.1, 0.15) is 43.7 Å². The van der Waals surface area contributed by atoms with Crippen molar-refractivity contribution in [3.63, 3.8) is 0 Å². The summed E-state index contributed by atoms with van der Waals surface area (Å²) in [6.07, 6.45) is 2.76. The van der Waals surface area contributed by atoms with E-state index in [0.717, 1.165) is 55.7 Å². The molecule has 2 aliphatic heterocycles. The third kappa shape index (κ3) is 4.22. The molecule has 1 amide bonds. The van der Waals surface area contributed by atoms with E-state index in [0.29, 0.717) is 13.1 Å². The number of likely N-dealkylation sites (tertiary alicyclic amines) is 1. The molecular weight excluding hydrogens is 446 g/mol. The van der Waals surface area contributed by atoms with E-state index in [9.17, 15) is 9.59 Å². The van der Waals surface area contributed by atoms with Crippen molar-refractivity contribution in [1.82, 2.24) is 10.2 Å². The normalized spacial score (nSPS) is 17.8. The first kappa shape index (κ1) is 24.3. The maximum absolute atomic E-state index is 13.7. The molecular formula is C31H35N3O2. The third-order valence-electron chi connectivity index (χ3n) is 8.22. The highest BCUT2D eigenvalue weighted by molar-refractivity contribution is 5.94. The van der Waals surface area contributed by atoms with E-state index in [1.807, 2.05) is 61.5 Å². The summed E-state index contributed by atoms with van der Waals surface area (Å²) in [4.78, 5) is 31.4. The average molecular weight is 482 g/mol. The van der Waals surface area contributed by atoms with Gasteiger partial charge in [0, 0.05) is 25.2 Å². The molecule has 2 aliphatic rings. The van der Waals surface area contributed by atoms with Crippen LogP contribution in [0.25, 0.3) is 0 Å². The monoisotopic (exact) mass is 481 g/mol. The number of ketones is 1. The van der Waals surface area contributed by atoms with Gasteiger partial charge in [-0.1, -0.05) is 85.8 Å². The van der Waals surface area contributed by atoms with Crippen LogP contribution >= 0.6 is 0 Å². The lowest BCUT2D eigenvalue weighted by atomic mass is 9.68. The molecule has 2 fully saturated rings. The maximum atomic E-state index is 13.7. The Labute approximate surface area is 214 Å². The minimum atomic E-state index is -0.673. The summed E-state index contributed by atoms with van der Waals surface area (Å²) < 4.78 is 0. The highest BCUT2D eigenvalue weighted by atomic mass is 16.2. The van der Waals surface area contributed by atoms with Crippen LogP contribution in [0, 0.1) is 0 Å². The Balaban J connectivity index is 1.37. The van der Waals surface area contributed by atoms with Crippen molar-refractivity contribution >= 4 is 17.4 Å². The Bertz CT molecular complexity index is 1130. The van der Waals surface area contributed by atoms with Gasteiger partial charge in [-0.2, -0.15) is 0 Å². The zero-order valence-corrected chi connectivity index (χ0v) is 21.0. The fourth-order valence-electron chi connectivity index (χ4n) is 6.17. The number of hydrogen-bond acceptors (Lipinski definition) is 4. The Kier molecular flexibility index (Phi) is 6.92. The van der Waals surface area contributed by atoms with E-state index in [2.05, 4.69) is 51.5 Å². The molecule has 2 heterocycles. The smallest absolute Gasteiger partial charge is 0.247 e. The van der Waals surface area contributed by atoms with Crippen LogP contribution < -0.4 is 10.2 Å². The zero-order valence-electron chi connectivity index (χ0n) is 21.0. The van der Waals surface area contributed by atoms with Crippen molar-refractivity contribution < 1.29 is 9.59 Å². The lowest BCUT2D eigenvalue weighted by molar-refractivity contribution is -0.125. The number of nitrogens with zero attached hydrogens (tertiary/aromatic N) is 2. The van der Waals surface area contributed by atoms with Gasteiger partial charge in [0.2, 0.25) is 5.91 Å². The first-order valence-corrected chi connectivity index (χ1v) is 13.1. The SMILES string of the molecule is CCC(=O)C(CCN1CCC2(CC1)C(=O)NCN2c1ccccc1)(c1ccccc1)c1ccccc1. The number of rotatable bonds is 8. The topological polar surface area (TPSA) is 52.7 Å². The number of para-hydroxylation sites is 1. The van der Waals surface area contributed by atoms with Gasteiger partial charge in [0.15, 0.2) is 0 Å². The highest BCUT2D eigenvalue weighted by Gasteiger charge is 2.50. The second-order valence-corrected chi connectivity index (χ2v) is 9.96. The standard InChI is InChI=1S/C31H35N3O2/c1-2-28(35)31(25-12-6-3-7-13-25,26-14-8-4-9-15-26)20-23-33-21-18-30(19-22-33)29(36)32-24-34(30)27-16-10-5-11-17-27/h3-17H,2,18-24H2,1H3,(H,32,36). The van der Waals surface area contributed by atoms with Gasteiger partial charge in [-0.15, -0.1) is 0 Å². The molecule has 0 bridgehead atoms. The molecule has 0 unspecified atom stereocenters. The Morgan fingerprint density at radius 3 is 1.92 bits per heavy atom. The van der Waals surface area contributed by atoms with Crippen molar-refractivity contribution in [1.29, 1.82) is 0 Å². The molecule has 5 nitrogen and oxygen atoms in total. The average Bonchev–Trinajstić information content (AvgIpc) is 3.26. The lowest BCUT2D eigenvalue weighted by Crippen LogP contribution is -2.56. The van der Waals surface area contributed by atoms with Crippen LogP contribution in [-0.2, 0) is 15.0 Å². The summed E-state index contributed by atoms with van der Waals surface area (Å²) in [7, 11) is 0. The maximum Gasteiger partial charge on any atom is 0.247 e. The number of Topliss-reactive ketones (excluding diaryl/α,β-unsaturated/α-hetero) is 1. The lowest BCUT2D eigenvalue weighted by Gasteiger charge is -2.44. The number of carbonyl (C=O) groups excluding carboxylic acids is 2. The minimum Gasteiger partial charge on any atom is -0.339 e. The number of hydrogen-bond donors (Lipinski definition) is 1. The number of amides is 1. The predicted octanol–water partition coefficient (Wildman–Crippen LogP) is 4.77. The van der Waals surface area contributed by atoms with Crippen molar-refractivity contribution in [2.75, 3.05) is 31.2 Å². The molecule has 0 atom stereocenters. The zero-order chi connectivity index (χ0) is 25.0. The van der Waals surface area contributed by atoms with Crippen LogP contribution in [0.5, 0.6) is 0 Å². The Hall–Kier alpha value is -3.44. The minimum absolute atomic E-state index is 0.134. The first-order valence-electron chi connectivity index (χ1n) is 13.1. The molecule has 1 spiro atoms. The Morgan fingerprint density at radius 1 is 0.861 bits per heavy atom. The number of piperidine rings is 1. The molecule has 186 valence electrons. The van der Waals surface area contributed by atoms with Gasteiger partial charge < -0.3 is 15.1 Å². The quantitative estimate of drug-likeness (QED) is 0.504. The van der Waals surface area contributed by atoms with Gasteiger partial charge in [0.1, 0.15) is 11.3 Å². The fraction of sp³-hybridized carbons (Fsp3) is 0.355. The molecule has 0 aromatic heterocycles. The highest BCUT2D eigenvalue weighted by Crippen LogP contribution is 2.40. The Morgan fingerprint density at radius 2 is 1.39 bits per heavy atom. The van der Waals surface area contributed by atoms with Crippen LogP contribution in [0.15, 0.2) is 91.0 Å². The van der Waals surface area contributed by atoms with Crippen molar-refractivity contribution in [3.8, 4) is 0 Å². The summed E-state index contributed by atoms with van der Waals surface area (Å²) in [5.41, 5.74) is 2.04. The van der Waals surface area contributed by atoms with Gasteiger partial charge in [0.25, 0.3) is 0 Å². The molecule has 0 aliphatic carbocycles. The molecule has 0 saturated carbocycles. The summed E-state index contributed by atoms with van der Waals surface area (Å²) in [6.45, 7) is 4.98. The summed E-state index contributed by atoms with van der Waals surface area (Å²) in [5.74, 6) is 0.383. The van der Waals surface area contributed by atoms with Gasteiger partial charge >= 0.3 is 0 Å². The van der Waals surface area contributed by atoms with E-state index >= 15 is 0 Å². The van der Waals surface area contributed by atoms with Gasteiger partial charge in [-0.25, -0.2) is 0 Å². The van der Waals surface area contributed by atoms with Crippen molar-refractivity contribution in [2.24, 2.45) is 0 Å². The van der Waals surface area contributed by atoms with Crippen LogP contribution in [0.2, 0.25) is 0 Å². The molecule has 3 aromatic rings. The molecule has 36 heavy (non-hydrogen) atoms. The van der Waals surface area contributed by atoms with E-state index in [-0.39, 0.29) is 11.7 Å². The summed E-state index contributed by atoms with van der Waals surface area (Å²) in [5, 5.41) is 3.09. The number of anilines is 1. The second-order valence-electron chi connectivity index (χ2n) is 9.96. The molecule has 2 saturated heterocycles. The van der Waals surface area contributed by atoms with E-state index in [1.165, 1.54) is 0 Å². The number of nitrogens with one attached hydrogen (secondary N) is 1. The largest absolute Gasteiger partial charge is 0.339 e. The van der Waals surface area contributed by atoms with E-state index < -0.39 is 11.0 Å². The molecule has 5 heteroatoms. The summed E-state index contributed by atoms with van der Waals surface area (Å²) >= 11 is 0. The number of carbonyl (C=O) groups is 2. The number of benzene rings is 3. The molecule has 1 N–H and O–H groups in total. The molecule has 0 radical (unpaired) electrons. The first-order chi connectivity index (χ1) is 17.6. The van der Waals surface area contributed by atoms with Crippen molar-refractivity contribution in [2.45, 2.75) is 43.6 Å². The van der Waals surface area contributed by atoms with Crippen LogP contribution in [0.4, 0.5) is 5.69 Å². The van der Waals surface area contributed by atoms with Crippen molar-refractivity contribution in [3.05, 3.63) is 102 Å². The van der Waals surface area contributed by atoms with Gasteiger partial charge in [-0.05, 0) is 49.1 Å². The third-order valence-corrected chi connectivity index (χ3v) is 8.22. The van der Waals surface area contributed by atoms with E-state index in [1.54, 1.807) is 0 Å². The predicted molar refractivity (Wildman–Crippen MR) is 144 cm³/mol. The van der Waals surface area contributed by atoms with E-state index in [4.69, 9.17) is 0 Å². The molecule has 5 rings (SSSR count). The van der Waals surface area contributed by atoms with Gasteiger partial charge in [-0.3, -0.25) is 9.59 Å². The summed E-state index contributed by atoms with van der Waals surface area (Å²) in [6, 6.07) is 30.7.